The van der Waals surface area contributed by atoms with Crippen molar-refractivity contribution in [3.05, 3.63) is 53.9 Å². The number of hydrogen-bond acceptors (Lipinski definition) is 4. The molecule has 2 aliphatic rings. The average molecular weight is 351 g/mol. The largest absolute Gasteiger partial charge is 0.497 e. The molecule has 2 aliphatic heterocycles. The number of fused-ring (bicyclic) bond motifs is 1. The number of amides is 2. The number of methoxy groups -OCH3 is 1. The number of nitrogens with one attached hydrogen (secondary N) is 1. The maximum Gasteiger partial charge on any atom is 0.239 e. The molecule has 0 saturated carbocycles. The minimum atomic E-state index is -0.636. The van der Waals surface area contributed by atoms with Gasteiger partial charge in [0, 0.05) is 18.4 Å². The van der Waals surface area contributed by atoms with Gasteiger partial charge < -0.3 is 15.0 Å². The van der Waals surface area contributed by atoms with Gasteiger partial charge >= 0.3 is 0 Å². The summed E-state index contributed by atoms with van der Waals surface area (Å²) in [5.41, 5.74) is 2.81. The molecule has 6 heteroatoms. The van der Waals surface area contributed by atoms with E-state index in [4.69, 9.17) is 4.74 Å². The molecule has 0 spiro atoms. The Morgan fingerprint density at radius 2 is 2.15 bits per heavy atom. The first-order chi connectivity index (χ1) is 12.7. The first kappa shape index (κ1) is 16.6. The van der Waals surface area contributed by atoms with Crippen molar-refractivity contribution in [1.29, 1.82) is 0 Å². The Morgan fingerprint density at radius 3 is 2.88 bits per heavy atom. The maximum atomic E-state index is 13.0. The molecular weight excluding hydrogens is 330 g/mol. The highest BCUT2D eigenvalue weighted by atomic mass is 16.5. The summed E-state index contributed by atoms with van der Waals surface area (Å²) in [4.78, 5) is 31.6. The summed E-state index contributed by atoms with van der Waals surface area (Å²) >= 11 is 0. The lowest BCUT2D eigenvalue weighted by Crippen LogP contribution is -2.47. The van der Waals surface area contributed by atoms with Crippen LogP contribution in [0.4, 0.5) is 5.69 Å². The van der Waals surface area contributed by atoms with Crippen LogP contribution in [0.25, 0.3) is 0 Å². The van der Waals surface area contributed by atoms with Crippen LogP contribution in [-0.2, 0) is 16.0 Å². The third-order valence-electron chi connectivity index (χ3n) is 5.17. The molecule has 134 valence electrons. The Bertz CT molecular complexity index is 837. The van der Waals surface area contributed by atoms with Gasteiger partial charge in [0.1, 0.15) is 11.7 Å². The number of piperidine rings is 1. The molecule has 2 amide bonds. The van der Waals surface area contributed by atoms with Crippen LogP contribution in [0.2, 0.25) is 0 Å². The molecule has 26 heavy (non-hydrogen) atoms. The summed E-state index contributed by atoms with van der Waals surface area (Å²) < 4.78 is 5.25. The van der Waals surface area contributed by atoms with Crippen LogP contribution in [0.1, 0.15) is 30.1 Å². The van der Waals surface area contributed by atoms with E-state index in [2.05, 4.69) is 10.3 Å². The van der Waals surface area contributed by atoms with E-state index in [1.807, 2.05) is 36.4 Å². The highest BCUT2D eigenvalue weighted by molar-refractivity contribution is 6.09. The standard InChI is InChI=1S/C20H21N3O3/c1-26-14-5-8-18-13(12-14)9-11-23(18)20(25)15-6-7-17(22-19(15)24)16-4-2-3-10-21-16/h2-5,8,10,12,15,17H,6-7,9,11H2,1H3,(H,22,24). The fourth-order valence-electron chi connectivity index (χ4n) is 3.77. The molecule has 1 aromatic carbocycles. The molecular formula is C20H21N3O3. The van der Waals surface area contributed by atoms with E-state index in [0.717, 1.165) is 29.1 Å². The van der Waals surface area contributed by atoms with Crippen LogP contribution in [0, 0.1) is 5.92 Å². The molecule has 1 fully saturated rings. The Balaban J connectivity index is 1.48. The normalized spacial score (nSPS) is 21.9. The number of benzene rings is 1. The van der Waals surface area contributed by atoms with Gasteiger partial charge in [0.15, 0.2) is 0 Å². The molecule has 4 rings (SSSR count). The maximum absolute atomic E-state index is 13.0. The van der Waals surface area contributed by atoms with E-state index in [-0.39, 0.29) is 17.9 Å². The van der Waals surface area contributed by atoms with Crippen LogP contribution < -0.4 is 15.0 Å². The first-order valence-corrected chi connectivity index (χ1v) is 8.87. The smallest absolute Gasteiger partial charge is 0.239 e. The van der Waals surface area contributed by atoms with Gasteiger partial charge in [-0.3, -0.25) is 14.6 Å². The predicted molar refractivity (Wildman–Crippen MR) is 96.9 cm³/mol. The second-order valence-corrected chi connectivity index (χ2v) is 6.68. The Kier molecular flexibility index (Phi) is 4.32. The van der Waals surface area contributed by atoms with E-state index in [1.165, 1.54) is 0 Å². The highest BCUT2D eigenvalue weighted by Gasteiger charge is 2.38. The lowest BCUT2D eigenvalue weighted by atomic mass is 9.91. The lowest BCUT2D eigenvalue weighted by Gasteiger charge is -2.30. The van der Waals surface area contributed by atoms with Gasteiger partial charge in [-0.15, -0.1) is 0 Å². The van der Waals surface area contributed by atoms with E-state index < -0.39 is 5.92 Å². The number of nitrogens with zero attached hydrogens (tertiary/aromatic N) is 2. The number of hydrogen-bond donors (Lipinski definition) is 1. The molecule has 2 unspecified atom stereocenters. The van der Waals surface area contributed by atoms with E-state index >= 15 is 0 Å². The molecule has 1 aromatic heterocycles. The van der Waals surface area contributed by atoms with Crippen LogP contribution in [-0.4, -0.2) is 30.5 Å². The third kappa shape index (κ3) is 2.92. The number of aromatic nitrogens is 1. The topological polar surface area (TPSA) is 71.5 Å². The molecule has 1 N–H and O–H groups in total. The Hall–Kier alpha value is -2.89. The summed E-state index contributed by atoms with van der Waals surface area (Å²) in [7, 11) is 1.63. The molecule has 1 saturated heterocycles. The molecule has 0 aliphatic carbocycles. The highest BCUT2D eigenvalue weighted by Crippen LogP contribution is 2.34. The van der Waals surface area contributed by atoms with Gasteiger partial charge in [0.2, 0.25) is 11.8 Å². The van der Waals surface area contributed by atoms with Crippen LogP contribution in [0.15, 0.2) is 42.6 Å². The summed E-state index contributed by atoms with van der Waals surface area (Å²) in [5.74, 6) is -0.181. The van der Waals surface area contributed by atoms with Gasteiger partial charge in [0.05, 0.1) is 18.8 Å². The quantitative estimate of drug-likeness (QED) is 0.861. The summed E-state index contributed by atoms with van der Waals surface area (Å²) in [6, 6.07) is 11.2. The fourth-order valence-corrected chi connectivity index (χ4v) is 3.77. The van der Waals surface area contributed by atoms with Gasteiger partial charge in [0.25, 0.3) is 0 Å². The predicted octanol–water partition coefficient (Wildman–Crippen LogP) is 2.25. The van der Waals surface area contributed by atoms with Crippen LogP contribution >= 0.6 is 0 Å². The first-order valence-electron chi connectivity index (χ1n) is 8.87. The second kappa shape index (κ2) is 6.78. The van der Waals surface area contributed by atoms with Crippen molar-refractivity contribution in [2.75, 3.05) is 18.6 Å². The molecule has 6 nitrogen and oxygen atoms in total. The van der Waals surface area contributed by atoms with Crippen molar-refractivity contribution < 1.29 is 14.3 Å². The number of pyridine rings is 1. The van der Waals surface area contributed by atoms with Gasteiger partial charge in [-0.05, 0) is 55.2 Å². The van der Waals surface area contributed by atoms with Crippen molar-refractivity contribution in [2.24, 2.45) is 5.92 Å². The molecule has 2 atom stereocenters. The van der Waals surface area contributed by atoms with Crippen molar-refractivity contribution in [3.8, 4) is 5.75 Å². The van der Waals surface area contributed by atoms with Gasteiger partial charge in [-0.2, -0.15) is 0 Å². The molecule has 3 heterocycles. The van der Waals surface area contributed by atoms with Crippen molar-refractivity contribution in [2.45, 2.75) is 25.3 Å². The second-order valence-electron chi connectivity index (χ2n) is 6.68. The van der Waals surface area contributed by atoms with Crippen molar-refractivity contribution in [3.63, 3.8) is 0 Å². The number of carbonyl (C=O) groups excluding carboxylic acids is 2. The molecule has 0 bridgehead atoms. The molecule has 2 aromatic rings. The number of ether oxygens (including phenoxy) is 1. The Morgan fingerprint density at radius 1 is 1.27 bits per heavy atom. The number of rotatable bonds is 3. The van der Waals surface area contributed by atoms with Gasteiger partial charge in [-0.25, -0.2) is 0 Å². The zero-order valence-corrected chi connectivity index (χ0v) is 14.6. The Labute approximate surface area is 152 Å². The minimum Gasteiger partial charge on any atom is -0.497 e. The summed E-state index contributed by atoms with van der Waals surface area (Å²) in [6.07, 6.45) is 3.74. The van der Waals surface area contributed by atoms with Crippen molar-refractivity contribution in [1.82, 2.24) is 10.3 Å². The van der Waals surface area contributed by atoms with Crippen LogP contribution in [0.5, 0.6) is 5.75 Å². The monoisotopic (exact) mass is 351 g/mol. The average Bonchev–Trinajstić information content (AvgIpc) is 3.11. The SMILES string of the molecule is COc1ccc2c(c1)CCN2C(=O)C1CCC(c2ccccn2)NC1=O. The third-order valence-corrected chi connectivity index (χ3v) is 5.17. The zero-order chi connectivity index (χ0) is 18.1. The minimum absolute atomic E-state index is 0.120. The zero-order valence-electron chi connectivity index (χ0n) is 14.6. The number of anilines is 1. The summed E-state index contributed by atoms with van der Waals surface area (Å²) in [5, 5.41) is 2.96. The van der Waals surface area contributed by atoms with Crippen LogP contribution in [0.3, 0.4) is 0 Å². The van der Waals surface area contributed by atoms with Gasteiger partial charge in [-0.1, -0.05) is 6.07 Å². The lowest BCUT2D eigenvalue weighted by molar-refractivity contribution is -0.136. The van der Waals surface area contributed by atoms with Crippen molar-refractivity contribution >= 4 is 17.5 Å². The number of carbonyl (C=O) groups is 2. The van der Waals surface area contributed by atoms with E-state index in [9.17, 15) is 9.59 Å². The van der Waals surface area contributed by atoms with E-state index in [1.54, 1.807) is 18.2 Å². The molecule has 0 radical (unpaired) electrons. The summed E-state index contributed by atoms with van der Waals surface area (Å²) in [6.45, 7) is 0.606. The van der Waals surface area contributed by atoms with E-state index in [0.29, 0.717) is 19.4 Å². The fraction of sp³-hybridized carbons (Fsp3) is 0.350.